The summed E-state index contributed by atoms with van der Waals surface area (Å²) in [5.74, 6) is 1.05. The predicted molar refractivity (Wildman–Crippen MR) is 102 cm³/mol. The zero-order valence-corrected chi connectivity index (χ0v) is 16.4. The summed E-state index contributed by atoms with van der Waals surface area (Å²) in [6.45, 7) is 8.54. The maximum Gasteiger partial charge on any atom is 0.189 e. The first kappa shape index (κ1) is 17.6. The van der Waals surface area contributed by atoms with Gasteiger partial charge in [0.25, 0.3) is 0 Å². The summed E-state index contributed by atoms with van der Waals surface area (Å²) in [5, 5.41) is 5.76. The number of aromatic nitrogens is 3. The fraction of sp³-hybridized carbons (Fsp3) is 0.588. The molecule has 1 aliphatic heterocycles. The second kappa shape index (κ2) is 7.80. The lowest BCUT2D eigenvalue weighted by molar-refractivity contribution is 0.376. The summed E-state index contributed by atoms with van der Waals surface area (Å²) >= 11 is 3.37. The van der Waals surface area contributed by atoms with Gasteiger partial charge in [0.05, 0.1) is 10.7 Å². The molecule has 1 saturated heterocycles. The zero-order valence-electron chi connectivity index (χ0n) is 14.7. The van der Waals surface area contributed by atoms with Crippen LogP contribution in [0.4, 0.5) is 5.82 Å². The standard InChI is InChI=1S/C17H25N5S2/c1-11(16-12(2)24-13(3)20-16)19-14-6-9-22(10-7-14)15-5-8-18-17(21-15)23-4/h5,8,11,14,19H,6-7,9-10H2,1-4H3/t11-/m1/s1. The molecule has 130 valence electrons. The van der Waals surface area contributed by atoms with Crippen LogP contribution in [0.3, 0.4) is 0 Å². The topological polar surface area (TPSA) is 53.9 Å². The largest absolute Gasteiger partial charge is 0.356 e. The molecule has 0 bridgehead atoms. The van der Waals surface area contributed by atoms with Gasteiger partial charge in [-0.25, -0.2) is 15.0 Å². The Bertz CT molecular complexity index is 679. The van der Waals surface area contributed by atoms with Gasteiger partial charge in [-0.3, -0.25) is 0 Å². The van der Waals surface area contributed by atoms with E-state index in [1.54, 1.807) is 23.1 Å². The number of aryl methyl sites for hydroxylation is 2. The van der Waals surface area contributed by atoms with Gasteiger partial charge in [-0.15, -0.1) is 11.3 Å². The van der Waals surface area contributed by atoms with Crippen molar-refractivity contribution in [1.29, 1.82) is 0 Å². The van der Waals surface area contributed by atoms with Crippen molar-refractivity contribution >= 4 is 28.9 Å². The number of thioether (sulfide) groups is 1. The average Bonchev–Trinajstić information content (AvgIpc) is 2.94. The lowest BCUT2D eigenvalue weighted by atomic mass is 10.0. The Hall–Kier alpha value is -1.18. The quantitative estimate of drug-likeness (QED) is 0.647. The van der Waals surface area contributed by atoms with E-state index in [1.165, 1.54) is 10.6 Å². The first-order chi connectivity index (χ1) is 11.6. The highest BCUT2D eigenvalue weighted by molar-refractivity contribution is 7.98. The van der Waals surface area contributed by atoms with Gasteiger partial charge in [-0.2, -0.15) is 0 Å². The van der Waals surface area contributed by atoms with Gasteiger partial charge >= 0.3 is 0 Å². The van der Waals surface area contributed by atoms with Crippen LogP contribution >= 0.6 is 23.1 Å². The third-order valence-electron chi connectivity index (χ3n) is 4.46. The first-order valence-electron chi connectivity index (χ1n) is 8.38. The van der Waals surface area contributed by atoms with Crippen molar-refractivity contribution in [1.82, 2.24) is 20.3 Å². The molecule has 0 radical (unpaired) electrons. The van der Waals surface area contributed by atoms with Gasteiger partial charge in [0.1, 0.15) is 5.82 Å². The highest BCUT2D eigenvalue weighted by Crippen LogP contribution is 2.25. The Morgan fingerprint density at radius 3 is 2.67 bits per heavy atom. The Kier molecular flexibility index (Phi) is 5.73. The van der Waals surface area contributed by atoms with Crippen molar-refractivity contribution in [3.8, 4) is 0 Å². The molecule has 7 heteroatoms. The van der Waals surface area contributed by atoms with Crippen molar-refractivity contribution in [3.63, 3.8) is 0 Å². The van der Waals surface area contributed by atoms with Gasteiger partial charge < -0.3 is 10.2 Å². The van der Waals surface area contributed by atoms with E-state index in [1.807, 2.05) is 18.5 Å². The monoisotopic (exact) mass is 363 g/mol. The van der Waals surface area contributed by atoms with E-state index in [4.69, 9.17) is 0 Å². The Morgan fingerprint density at radius 2 is 2.04 bits per heavy atom. The molecule has 1 N–H and O–H groups in total. The van der Waals surface area contributed by atoms with Crippen molar-refractivity contribution in [2.24, 2.45) is 0 Å². The molecule has 1 aliphatic rings. The van der Waals surface area contributed by atoms with Crippen LogP contribution in [0, 0.1) is 13.8 Å². The molecular formula is C17H25N5S2. The van der Waals surface area contributed by atoms with Crippen LogP contribution in [0.1, 0.15) is 41.4 Å². The van der Waals surface area contributed by atoms with Crippen LogP contribution in [-0.4, -0.2) is 40.3 Å². The Labute approximate surface area is 152 Å². The molecule has 0 unspecified atom stereocenters. The average molecular weight is 364 g/mol. The van der Waals surface area contributed by atoms with Crippen LogP contribution in [0.5, 0.6) is 0 Å². The molecule has 0 aromatic carbocycles. The fourth-order valence-electron chi connectivity index (χ4n) is 3.26. The zero-order chi connectivity index (χ0) is 17.1. The van der Waals surface area contributed by atoms with Crippen molar-refractivity contribution < 1.29 is 0 Å². The highest BCUT2D eigenvalue weighted by atomic mass is 32.2. The third-order valence-corrected chi connectivity index (χ3v) is 5.92. The van der Waals surface area contributed by atoms with Crippen molar-refractivity contribution in [2.75, 3.05) is 24.2 Å². The lowest BCUT2D eigenvalue weighted by Crippen LogP contribution is -2.43. The van der Waals surface area contributed by atoms with E-state index >= 15 is 0 Å². The molecule has 2 aromatic rings. The summed E-state index contributed by atoms with van der Waals surface area (Å²) in [6, 6.07) is 2.87. The van der Waals surface area contributed by atoms with Crippen molar-refractivity contribution in [3.05, 3.63) is 27.8 Å². The van der Waals surface area contributed by atoms with Crippen LogP contribution < -0.4 is 10.2 Å². The number of hydrogen-bond donors (Lipinski definition) is 1. The van der Waals surface area contributed by atoms with Crippen molar-refractivity contribution in [2.45, 2.75) is 50.9 Å². The maximum atomic E-state index is 4.68. The summed E-state index contributed by atoms with van der Waals surface area (Å²) < 4.78 is 0. The highest BCUT2D eigenvalue weighted by Gasteiger charge is 2.23. The summed E-state index contributed by atoms with van der Waals surface area (Å²) in [5.41, 5.74) is 1.21. The van der Waals surface area contributed by atoms with Gasteiger partial charge in [-0.05, 0) is 45.9 Å². The lowest BCUT2D eigenvalue weighted by Gasteiger charge is -2.34. The predicted octanol–water partition coefficient (Wildman–Crippen LogP) is 3.59. The number of piperidine rings is 1. The fourth-order valence-corrected chi connectivity index (χ4v) is 4.53. The second-order valence-corrected chi connectivity index (χ2v) is 8.41. The molecule has 1 fully saturated rings. The number of nitrogens with one attached hydrogen (secondary N) is 1. The van der Waals surface area contributed by atoms with E-state index in [2.05, 4.69) is 45.9 Å². The van der Waals surface area contributed by atoms with E-state index in [0.29, 0.717) is 12.1 Å². The number of nitrogens with zero attached hydrogens (tertiary/aromatic N) is 4. The van der Waals surface area contributed by atoms with Crippen LogP contribution in [-0.2, 0) is 0 Å². The molecule has 0 spiro atoms. The summed E-state index contributed by atoms with van der Waals surface area (Å²) in [6.07, 6.45) is 6.13. The molecule has 5 nitrogen and oxygen atoms in total. The number of hydrogen-bond acceptors (Lipinski definition) is 7. The molecule has 0 saturated carbocycles. The summed E-state index contributed by atoms with van der Waals surface area (Å²) in [7, 11) is 0. The third kappa shape index (κ3) is 4.07. The molecule has 3 rings (SSSR count). The molecule has 24 heavy (non-hydrogen) atoms. The molecule has 3 heterocycles. The normalized spacial score (nSPS) is 17.2. The Balaban J connectivity index is 1.56. The summed E-state index contributed by atoms with van der Waals surface area (Å²) in [4.78, 5) is 17.2. The van der Waals surface area contributed by atoms with Gasteiger partial charge in [0, 0.05) is 36.2 Å². The van der Waals surface area contributed by atoms with Crippen LogP contribution in [0.25, 0.3) is 0 Å². The molecule has 2 aromatic heterocycles. The van der Waals surface area contributed by atoms with Gasteiger partial charge in [0.2, 0.25) is 0 Å². The van der Waals surface area contributed by atoms with E-state index in [-0.39, 0.29) is 0 Å². The SMILES string of the molecule is CSc1nccc(N2CCC(N[C@H](C)c3nc(C)sc3C)CC2)n1. The van der Waals surface area contributed by atoms with E-state index in [0.717, 1.165) is 41.9 Å². The molecule has 0 amide bonds. The Morgan fingerprint density at radius 1 is 1.29 bits per heavy atom. The van der Waals surface area contributed by atoms with Gasteiger partial charge in [0.15, 0.2) is 5.16 Å². The maximum absolute atomic E-state index is 4.68. The smallest absolute Gasteiger partial charge is 0.189 e. The van der Waals surface area contributed by atoms with E-state index in [9.17, 15) is 0 Å². The van der Waals surface area contributed by atoms with Gasteiger partial charge in [-0.1, -0.05) is 11.8 Å². The first-order valence-corrected chi connectivity index (χ1v) is 10.4. The number of rotatable bonds is 5. The molecule has 0 aliphatic carbocycles. The molecule has 1 atom stereocenters. The molecular weight excluding hydrogens is 338 g/mol. The second-order valence-electron chi connectivity index (χ2n) is 6.23. The van der Waals surface area contributed by atoms with Crippen LogP contribution in [0.2, 0.25) is 0 Å². The minimum Gasteiger partial charge on any atom is -0.356 e. The van der Waals surface area contributed by atoms with E-state index < -0.39 is 0 Å². The van der Waals surface area contributed by atoms with Crippen LogP contribution in [0.15, 0.2) is 17.4 Å². The number of anilines is 1. The number of thiazole rings is 1. The minimum absolute atomic E-state index is 0.314. The minimum atomic E-state index is 0.314.